The first-order valence-electron chi connectivity index (χ1n) is 7.81. The van der Waals surface area contributed by atoms with E-state index in [4.69, 9.17) is 4.74 Å². The second-order valence-corrected chi connectivity index (χ2v) is 5.95. The van der Waals surface area contributed by atoms with Crippen LogP contribution >= 0.6 is 0 Å². The van der Waals surface area contributed by atoms with Crippen LogP contribution in [-0.2, 0) is 4.74 Å². The normalized spacial score (nSPS) is 30.8. The first-order chi connectivity index (χ1) is 8.83. The van der Waals surface area contributed by atoms with E-state index in [1.54, 1.807) is 0 Å². The predicted octanol–water partition coefficient (Wildman–Crippen LogP) is 2.27. The summed E-state index contributed by atoms with van der Waals surface area (Å²) in [6.45, 7) is 7.30. The Balaban J connectivity index is 1.77. The summed E-state index contributed by atoms with van der Waals surface area (Å²) in [6.07, 6.45) is 8.43. The van der Waals surface area contributed by atoms with Gasteiger partial charge in [-0.3, -0.25) is 0 Å². The zero-order valence-electron chi connectivity index (χ0n) is 12.2. The molecule has 18 heavy (non-hydrogen) atoms. The van der Waals surface area contributed by atoms with Crippen molar-refractivity contribution in [2.75, 3.05) is 33.3 Å². The molecule has 1 aliphatic heterocycles. The van der Waals surface area contributed by atoms with E-state index in [1.165, 1.54) is 64.7 Å². The van der Waals surface area contributed by atoms with Crippen LogP contribution in [0, 0.1) is 5.92 Å². The molecule has 2 fully saturated rings. The van der Waals surface area contributed by atoms with E-state index in [-0.39, 0.29) is 0 Å². The fraction of sp³-hybridized carbons (Fsp3) is 1.00. The zero-order valence-corrected chi connectivity index (χ0v) is 12.2. The maximum atomic E-state index is 5.48. The summed E-state index contributed by atoms with van der Waals surface area (Å²) in [7, 11) is 1.86. The summed E-state index contributed by atoms with van der Waals surface area (Å²) in [6, 6.07) is 0.816. The second-order valence-electron chi connectivity index (χ2n) is 5.95. The fourth-order valence-corrected chi connectivity index (χ4v) is 3.58. The number of nitrogens with one attached hydrogen (secondary N) is 1. The van der Waals surface area contributed by atoms with Crippen molar-refractivity contribution in [1.29, 1.82) is 0 Å². The Morgan fingerprint density at radius 1 is 1.06 bits per heavy atom. The van der Waals surface area contributed by atoms with Crippen LogP contribution in [0.15, 0.2) is 0 Å². The van der Waals surface area contributed by atoms with Gasteiger partial charge < -0.3 is 15.0 Å². The van der Waals surface area contributed by atoms with E-state index < -0.39 is 0 Å². The summed E-state index contributed by atoms with van der Waals surface area (Å²) < 4.78 is 5.48. The summed E-state index contributed by atoms with van der Waals surface area (Å²) in [5.41, 5.74) is 0. The van der Waals surface area contributed by atoms with Gasteiger partial charge in [0.05, 0.1) is 6.10 Å². The smallest absolute Gasteiger partial charge is 0.0572 e. The lowest BCUT2D eigenvalue weighted by Crippen LogP contribution is -2.43. The third-order valence-electron chi connectivity index (χ3n) is 4.85. The van der Waals surface area contributed by atoms with Crippen molar-refractivity contribution in [2.45, 2.75) is 57.6 Å². The Labute approximate surface area is 112 Å². The van der Waals surface area contributed by atoms with Gasteiger partial charge in [0, 0.05) is 19.7 Å². The Hall–Kier alpha value is -0.120. The maximum Gasteiger partial charge on any atom is 0.0572 e. The van der Waals surface area contributed by atoms with Gasteiger partial charge in [-0.2, -0.15) is 0 Å². The average molecular weight is 254 g/mol. The molecule has 1 saturated carbocycles. The van der Waals surface area contributed by atoms with Crippen LogP contribution in [0.5, 0.6) is 0 Å². The van der Waals surface area contributed by atoms with Gasteiger partial charge >= 0.3 is 0 Å². The van der Waals surface area contributed by atoms with E-state index in [9.17, 15) is 0 Å². The van der Waals surface area contributed by atoms with Crippen LogP contribution in [0.1, 0.15) is 45.4 Å². The Morgan fingerprint density at radius 3 is 2.28 bits per heavy atom. The summed E-state index contributed by atoms with van der Waals surface area (Å²) in [4.78, 5) is 2.74. The number of hydrogen-bond acceptors (Lipinski definition) is 3. The first-order valence-corrected chi connectivity index (χ1v) is 7.81. The van der Waals surface area contributed by atoms with Gasteiger partial charge in [0.2, 0.25) is 0 Å². The molecule has 0 amide bonds. The van der Waals surface area contributed by atoms with Crippen LogP contribution < -0.4 is 5.32 Å². The summed E-state index contributed by atoms with van der Waals surface area (Å²) >= 11 is 0. The van der Waals surface area contributed by atoms with E-state index in [0.29, 0.717) is 6.10 Å². The minimum atomic E-state index is 0.527. The number of rotatable bonds is 5. The molecule has 0 atom stereocenters. The highest BCUT2D eigenvalue weighted by Gasteiger charge is 2.26. The SMILES string of the molecule is CCN(CC1CCNCC1)C1CCC(OC)CC1. The zero-order chi connectivity index (χ0) is 12.8. The molecule has 1 N–H and O–H groups in total. The molecule has 106 valence electrons. The quantitative estimate of drug-likeness (QED) is 0.814. The van der Waals surface area contributed by atoms with Crippen LogP contribution in [0.4, 0.5) is 0 Å². The van der Waals surface area contributed by atoms with E-state index >= 15 is 0 Å². The molecule has 0 bridgehead atoms. The van der Waals surface area contributed by atoms with E-state index in [1.807, 2.05) is 7.11 Å². The number of piperidine rings is 1. The minimum absolute atomic E-state index is 0.527. The van der Waals surface area contributed by atoms with Gasteiger partial charge in [-0.1, -0.05) is 6.92 Å². The third kappa shape index (κ3) is 3.94. The molecule has 0 aromatic heterocycles. The van der Waals surface area contributed by atoms with Gasteiger partial charge in [0.1, 0.15) is 0 Å². The van der Waals surface area contributed by atoms with Gasteiger partial charge in [-0.25, -0.2) is 0 Å². The van der Waals surface area contributed by atoms with Crippen molar-refractivity contribution >= 4 is 0 Å². The number of methoxy groups -OCH3 is 1. The lowest BCUT2D eigenvalue weighted by atomic mass is 9.90. The van der Waals surface area contributed by atoms with Crippen LogP contribution in [-0.4, -0.2) is 50.3 Å². The van der Waals surface area contributed by atoms with E-state index in [0.717, 1.165) is 12.0 Å². The van der Waals surface area contributed by atoms with Crippen LogP contribution in [0.25, 0.3) is 0 Å². The monoisotopic (exact) mass is 254 g/mol. The van der Waals surface area contributed by atoms with Crippen molar-refractivity contribution in [2.24, 2.45) is 5.92 Å². The molecule has 2 rings (SSSR count). The number of nitrogens with zero attached hydrogens (tertiary/aromatic N) is 1. The van der Waals surface area contributed by atoms with Crippen molar-refractivity contribution in [3.63, 3.8) is 0 Å². The first kappa shape index (κ1) is 14.3. The molecule has 0 aromatic rings. The molecule has 0 radical (unpaired) electrons. The fourth-order valence-electron chi connectivity index (χ4n) is 3.58. The van der Waals surface area contributed by atoms with Gasteiger partial charge in [-0.15, -0.1) is 0 Å². The Morgan fingerprint density at radius 2 is 1.72 bits per heavy atom. The number of ether oxygens (including phenoxy) is 1. The second kappa shape index (κ2) is 7.46. The van der Waals surface area contributed by atoms with Crippen molar-refractivity contribution in [1.82, 2.24) is 10.2 Å². The van der Waals surface area contributed by atoms with E-state index in [2.05, 4.69) is 17.1 Å². The van der Waals surface area contributed by atoms with Gasteiger partial charge in [0.25, 0.3) is 0 Å². The maximum absolute atomic E-state index is 5.48. The largest absolute Gasteiger partial charge is 0.381 e. The predicted molar refractivity (Wildman–Crippen MR) is 75.9 cm³/mol. The average Bonchev–Trinajstić information content (AvgIpc) is 2.46. The molecule has 1 aliphatic carbocycles. The number of hydrogen-bond donors (Lipinski definition) is 1. The lowest BCUT2D eigenvalue weighted by Gasteiger charge is -2.38. The Kier molecular flexibility index (Phi) is 5.93. The molecule has 1 saturated heterocycles. The van der Waals surface area contributed by atoms with Gasteiger partial charge in [-0.05, 0) is 64.1 Å². The molecule has 2 aliphatic rings. The molecular weight excluding hydrogens is 224 g/mol. The standard InChI is InChI=1S/C15H30N2O/c1-3-17(12-13-8-10-16-11-9-13)14-4-6-15(18-2)7-5-14/h13-16H,3-12H2,1-2H3. The Bertz CT molecular complexity index is 221. The van der Waals surface area contributed by atoms with Crippen molar-refractivity contribution < 1.29 is 4.74 Å². The molecule has 1 heterocycles. The highest BCUT2D eigenvalue weighted by Crippen LogP contribution is 2.26. The molecule has 0 spiro atoms. The molecule has 0 unspecified atom stereocenters. The highest BCUT2D eigenvalue weighted by atomic mass is 16.5. The van der Waals surface area contributed by atoms with Crippen LogP contribution in [0.2, 0.25) is 0 Å². The third-order valence-corrected chi connectivity index (χ3v) is 4.85. The topological polar surface area (TPSA) is 24.5 Å². The van der Waals surface area contributed by atoms with Crippen molar-refractivity contribution in [3.8, 4) is 0 Å². The molecule has 3 heteroatoms. The van der Waals surface area contributed by atoms with Gasteiger partial charge in [0.15, 0.2) is 0 Å². The van der Waals surface area contributed by atoms with Crippen LogP contribution in [0.3, 0.4) is 0 Å². The molecule has 3 nitrogen and oxygen atoms in total. The lowest BCUT2D eigenvalue weighted by molar-refractivity contribution is 0.0345. The van der Waals surface area contributed by atoms with Crippen molar-refractivity contribution in [3.05, 3.63) is 0 Å². The highest BCUT2D eigenvalue weighted by molar-refractivity contribution is 4.82. The summed E-state index contributed by atoms with van der Waals surface area (Å²) in [5.74, 6) is 0.923. The molecule has 0 aromatic carbocycles. The minimum Gasteiger partial charge on any atom is -0.381 e. The molecular formula is C15H30N2O. The summed E-state index contributed by atoms with van der Waals surface area (Å²) in [5, 5.41) is 3.46.